The minimum absolute atomic E-state index is 0.0521. The lowest BCUT2D eigenvalue weighted by atomic mass is 10.1. The van der Waals surface area contributed by atoms with Crippen molar-refractivity contribution >= 4 is 10.8 Å². The van der Waals surface area contributed by atoms with Gasteiger partial charge >= 0.3 is 0 Å². The summed E-state index contributed by atoms with van der Waals surface area (Å²) in [4.78, 5) is 4.38. The zero-order valence-corrected chi connectivity index (χ0v) is 11.7. The van der Waals surface area contributed by atoms with E-state index in [0.717, 1.165) is 41.5 Å². The fourth-order valence-electron chi connectivity index (χ4n) is 3.02. The van der Waals surface area contributed by atoms with Crippen molar-refractivity contribution in [3.63, 3.8) is 0 Å². The van der Waals surface area contributed by atoms with Crippen LogP contribution in [0.15, 0.2) is 24.4 Å². The van der Waals surface area contributed by atoms with Gasteiger partial charge in [0.1, 0.15) is 19.3 Å². The summed E-state index contributed by atoms with van der Waals surface area (Å²) < 4.78 is 17.3. The molecule has 0 radical (unpaired) electrons. The first kappa shape index (κ1) is 12.7. The van der Waals surface area contributed by atoms with E-state index < -0.39 is 0 Å². The smallest absolute Gasteiger partial charge is 0.221 e. The second kappa shape index (κ2) is 5.07. The minimum atomic E-state index is 0.0521. The highest BCUT2D eigenvalue weighted by molar-refractivity contribution is 5.90. The Morgan fingerprint density at radius 3 is 2.71 bits per heavy atom. The van der Waals surface area contributed by atoms with Gasteiger partial charge in [-0.3, -0.25) is 0 Å². The molecule has 2 aromatic rings. The molecule has 1 aromatic heterocycles. The highest BCUT2D eigenvalue weighted by Gasteiger charge is 2.27. The van der Waals surface area contributed by atoms with Crippen LogP contribution in [0.2, 0.25) is 0 Å². The van der Waals surface area contributed by atoms with Crippen LogP contribution in [0.4, 0.5) is 0 Å². The number of benzene rings is 1. The van der Waals surface area contributed by atoms with Crippen LogP contribution in [0, 0.1) is 0 Å². The Balaban J connectivity index is 1.74. The summed E-state index contributed by atoms with van der Waals surface area (Å²) in [5.74, 6) is 2.16. The van der Waals surface area contributed by atoms with Gasteiger partial charge in [0.2, 0.25) is 5.88 Å². The van der Waals surface area contributed by atoms with Crippen molar-refractivity contribution in [1.82, 2.24) is 4.98 Å². The van der Waals surface area contributed by atoms with Gasteiger partial charge < -0.3 is 19.9 Å². The van der Waals surface area contributed by atoms with E-state index in [1.807, 2.05) is 18.2 Å². The van der Waals surface area contributed by atoms with Crippen LogP contribution < -0.4 is 19.9 Å². The van der Waals surface area contributed by atoms with E-state index in [2.05, 4.69) is 4.98 Å². The standard InChI is InChI=1S/C16H18N2O3/c17-12-2-1-3-13(12)21-16-11-9-15-14(19-6-7-20-15)8-10(11)4-5-18-16/h4-5,8-9,12-13H,1-3,6-7,17H2. The van der Waals surface area contributed by atoms with E-state index in [-0.39, 0.29) is 12.1 Å². The molecule has 0 saturated heterocycles. The van der Waals surface area contributed by atoms with Crippen molar-refractivity contribution in [1.29, 1.82) is 0 Å². The molecule has 2 N–H and O–H groups in total. The highest BCUT2D eigenvalue weighted by atomic mass is 16.6. The van der Waals surface area contributed by atoms with Crippen LogP contribution in [0.5, 0.6) is 17.4 Å². The van der Waals surface area contributed by atoms with Crippen molar-refractivity contribution in [2.75, 3.05) is 13.2 Å². The van der Waals surface area contributed by atoms with Crippen molar-refractivity contribution in [3.05, 3.63) is 24.4 Å². The first-order valence-corrected chi connectivity index (χ1v) is 7.42. The molecule has 1 saturated carbocycles. The van der Waals surface area contributed by atoms with Gasteiger partial charge in [0.15, 0.2) is 11.5 Å². The molecule has 5 heteroatoms. The summed E-state index contributed by atoms with van der Waals surface area (Å²) >= 11 is 0. The number of hydrogen-bond donors (Lipinski definition) is 1. The average molecular weight is 286 g/mol. The molecular formula is C16H18N2O3. The number of pyridine rings is 1. The summed E-state index contributed by atoms with van der Waals surface area (Å²) in [6.45, 7) is 1.16. The van der Waals surface area contributed by atoms with E-state index >= 15 is 0 Å². The molecular weight excluding hydrogens is 268 g/mol. The molecule has 1 aliphatic carbocycles. The first-order valence-electron chi connectivity index (χ1n) is 7.42. The van der Waals surface area contributed by atoms with Crippen molar-refractivity contribution in [3.8, 4) is 17.4 Å². The van der Waals surface area contributed by atoms with E-state index in [1.165, 1.54) is 0 Å². The SMILES string of the molecule is NC1CCCC1Oc1nccc2cc3c(cc12)OCCO3. The van der Waals surface area contributed by atoms with Crippen LogP contribution in [0.1, 0.15) is 19.3 Å². The lowest BCUT2D eigenvalue weighted by molar-refractivity contribution is 0.171. The number of nitrogens with zero attached hydrogens (tertiary/aromatic N) is 1. The van der Waals surface area contributed by atoms with Crippen LogP contribution in [-0.4, -0.2) is 30.3 Å². The van der Waals surface area contributed by atoms with Gasteiger partial charge in [-0.05, 0) is 42.8 Å². The molecule has 0 spiro atoms. The van der Waals surface area contributed by atoms with E-state index in [9.17, 15) is 0 Å². The third kappa shape index (κ3) is 2.27. The Hall–Kier alpha value is -2.01. The van der Waals surface area contributed by atoms with Crippen molar-refractivity contribution < 1.29 is 14.2 Å². The van der Waals surface area contributed by atoms with Crippen LogP contribution >= 0.6 is 0 Å². The lowest BCUT2D eigenvalue weighted by Crippen LogP contribution is -2.33. The van der Waals surface area contributed by atoms with E-state index in [0.29, 0.717) is 19.1 Å². The van der Waals surface area contributed by atoms with Crippen molar-refractivity contribution in [2.45, 2.75) is 31.4 Å². The molecule has 1 aromatic carbocycles. The molecule has 5 nitrogen and oxygen atoms in total. The third-order valence-electron chi connectivity index (χ3n) is 4.16. The van der Waals surface area contributed by atoms with Crippen LogP contribution in [0.3, 0.4) is 0 Å². The topological polar surface area (TPSA) is 66.6 Å². The number of nitrogens with two attached hydrogens (primary N) is 1. The summed E-state index contributed by atoms with van der Waals surface area (Å²) in [7, 11) is 0. The van der Waals surface area contributed by atoms with Crippen molar-refractivity contribution in [2.24, 2.45) is 5.73 Å². The molecule has 110 valence electrons. The number of aromatic nitrogens is 1. The maximum atomic E-state index is 6.08. The Labute approximate surface area is 123 Å². The predicted molar refractivity (Wildman–Crippen MR) is 79.0 cm³/mol. The Bertz CT molecular complexity index is 674. The molecule has 2 atom stereocenters. The molecule has 0 bridgehead atoms. The first-order chi connectivity index (χ1) is 10.3. The van der Waals surface area contributed by atoms with Crippen LogP contribution in [-0.2, 0) is 0 Å². The quantitative estimate of drug-likeness (QED) is 0.917. The molecule has 2 aliphatic rings. The minimum Gasteiger partial charge on any atom is -0.486 e. The summed E-state index contributed by atoms with van der Waals surface area (Å²) in [6.07, 6.45) is 4.93. The molecule has 1 aliphatic heterocycles. The highest BCUT2D eigenvalue weighted by Crippen LogP contribution is 2.37. The molecule has 4 rings (SSSR count). The van der Waals surface area contributed by atoms with Gasteiger partial charge in [-0.1, -0.05) is 0 Å². The number of ether oxygens (including phenoxy) is 3. The Morgan fingerprint density at radius 2 is 1.95 bits per heavy atom. The predicted octanol–water partition coefficient (Wildman–Crippen LogP) is 2.26. The lowest BCUT2D eigenvalue weighted by Gasteiger charge is -2.21. The van der Waals surface area contributed by atoms with Gasteiger partial charge in [0.05, 0.1) is 0 Å². The average Bonchev–Trinajstić information content (AvgIpc) is 2.91. The van der Waals surface area contributed by atoms with Gasteiger partial charge in [-0.15, -0.1) is 0 Å². The number of fused-ring (bicyclic) bond motifs is 2. The number of hydrogen-bond acceptors (Lipinski definition) is 5. The molecule has 0 amide bonds. The molecule has 2 unspecified atom stereocenters. The fraction of sp³-hybridized carbons (Fsp3) is 0.438. The largest absolute Gasteiger partial charge is 0.486 e. The molecule has 2 heterocycles. The third-order valence-corrected chi connectivity index (χ3v) is 4.16. The second-order valence-corrected chi connectivity index (χ2v) is 5.58. The zero-order valence-electron chi connectivity index (χ0n) is 11.7. The maximum Gasteiger partial charge on any atom is 0.221 e. The molecule has 1 fully saturated rings. The monoisotopic (exact) mass is 286 g/mol. The maximum absolute atomic E-state index is 6.08. The van der Waals surface area contributed by atoms with E-state index in [4.69, 9.17) is 19.9 Å². The van der Waals surface area contributed by atoms with Crippen LogP contribution in [0.25, 0.3) is 10.8 Å². The second-order valence-electron chi connectivity index (χ2n) is 5.58. The van der Waals surface area contributed by atoms with E-state index in [1.54, 1.807) is 6.20 Å². The van der Waals surface area contributed by atoms with Gasteiger partial charge in [-0.25, -0.2) is 4.98 Å². The van der Waals surface area contributed by atoms with Gasteiger partial charge in [0.25, 0.3) is 0 Å². The summed E-state index contributed by atoms with van der Waals surface area (Å²) in [5, 5.41) is 1.98. The summed E-state index contributed by atoms with van der Waals surface area (Å²) in [5.41, 5.74) is 6.08. The van der Waals surface area contributed by atoms with Gasteiger partial charge in [0, 0.05) is 17.6 Å². The number of rotatable bonds is 2. The Kier molecular flexibility index (Phi) is 3.07. The molecule has 21 heavy (non-hydrogen) atoms. The fourth-order valence-corrected chi connectivity index (χ4v) is 3.02. The van der Waals surface area contributed by atoms with Gasteiger partial charge in [-0.2, -0.15) is 0 Å². The summed E-state index contributed by atoms with van der Waals surface area (Å²) in [6, 6.07) is 5.98. The zero-order chi connectivity index (χ0) is 14.2. The normalized spacial score (nSPS) is 24.2. The Morgan fingerprint density at radius 1 is 1.14 bits per heavy atom.